The van der Waals surface area contributed by atoms with Crippen molar-refractivity contribution in [2.75, 3.05) is 11.1 Å². The molecule has 0 unspecified atom stereocenters. The number of fused-ring (bicyclic) bond motifs is 1. The molecule has 0 saturated carbocycles. The number of pyridine rings is 1. The second-order valence-corrected chi connectivity index (χ2v) is 4.28. The number of nitrogens with zero attached hydrogens (tertiary/aromatic N) is 4. The van der Waals surface area contributed by atoms with Crippen molar-refractivity contribution in [2.45, 2.75) is 0 Å². The van der Waals surface area contributed by atoms with E-state index in [2.05, 4.69) is 20.4 Å². The highest BCUT2D eigenvalue weighted by Gasteiger charge is 2.13. The Morgan fingerprint density at radius 2 is 2.15 bits per heavy atom. The molecule has 0 fully saturated rings. The summed E-state index contributed by atoms with van der Waals surface area (Å²) in [7, 11) is 1.69. The van der Waals surface area contributed by atoms with E-state index in [1.165, 1.54) is 11.0 Å². The number of rotatable bonds is 2. The third-order valence-corrected chi connectivity index (χ3v) is 2.92. The smallest absolute Gasteiger partial charge is 0.276 e. The summed E-state index contributed by atoms with van der Waals surface area (Å²) in [6.07, 6.45) is 1.36. The first kappa shape index (κ1) is 12.1. The Morgan fingerprint density at radius 1 is 1.35 bits per heavy atom. The molecule has 0 atom stereocenters. The van der Waals surface area contributed by atoms with Gasteiger partial charge in [0, 0.05) is 18.1 Å². The van der Waals surface area contributed by atoms with Crippen LogP contribution in [0.3, 0.4) is 0 Å². The number of nitrogen functional groups attached to an aromatic ring is 1. The van der Waals surface area contributed by atoms with Crippen molar-refractivity contribution >= 4 is 28.4 Å². The molecule has 0 spiro atoms. The Balaban J connectivity index is 1.98. The van der Waals surface area contributed by atoms with Gasteiger partial charge in [-0.3, -0.25) is 10.1 Å². The van der Waals surface area contributed by atoms with Gasteiger partial charge in [-0.15, -0.1) is 0 Å². The van der Waals surface area contributed by atoms with Gasteiger partial charge < -0.3 is 5.73 Å². The van der Waals surface area contributed by atoms with Crippen molar-refractivity contribution in [3.05, 3.63) is 42.4 Å². The van der Waals surface area contributed by atoms with E-state index in [1.807, 2.05) is 24.3 Å². The number of nitrogens with one attached hydrogen (secondary N) is 1. The van der Waals surface area contributed by atoms with Crippen molar-refractivity contribution < 1.29 is 4.79 Å². The Labute approximate surface area is 114 Å². The molecule has 2 aromatic heterocycles. The molecular formula is C13H12N6O. The maximum atomic E-state index is 12.1. The molecule has 3 aromatic rings. The summed E-state index contributed by atoms with van der Waals surface area (Å²) in [5, 5.41) is 7.33. The zero-order chi connectivity index (χ0) is 14.1. The van der Waals surface area contributed by atoms with Crippen LogP contribution in [0, 0.1) is 0 Å². The van der Waals surface area contributed by atoms with Crippen LogP contribution in [0.5, 0.6) is 0 Å². The molecule has 7 nitrogen and oxygen atoms in total. The minimum absolute atomic E-state index is 0.240. The molecule has 20 heavy (non-hydrogen) atoms. The molecule has 0 radical (unpaired) electrons. The van der Waals surface area contributed by atoms with Crippen LogP contribution < -0.4 is 11.1 Å². The summed E-state index contributed by atoms with van der Waals surface area (Å²) in [5.74, 6) is -0.0258. The zero-order valence-electron chi connectivity index (χ0n) is 10.7. The summed E-state index contributed by atoms with van der Waals surface area (Å²) >= 11 is 0. The van der Waals surface area contributed by atoms with Crippen LogP contribution in [0.25, 0.3) is 10.9 Å². The summed E-state index contributed by atoms with van der Waals surface area (Å²) in [6, 6.07) is 8.94. The number of para-hydroxylation sites is 1. The van der Waals surface area contributed by atoms with Crippen LogP contribution in [0.2, 0.25) is 0 Å². The van der Waals surface area contributed by atoms with Crippen molar-refractivity contribution in [3.8, 4) is 0 Å². The van der Waals surface area contributed by atoms with Crippen LogP contribution in [0.1, 0.15) is 10.5 Å². The first-order valence-electron chi connectivity index (χ1n) is 5.96. The molecule has 0 saturated heterocycles. The molecule has 100 valence electrons. The van der Waals surface area contributed by atoms with E-state index < -0.39 is 0 Å². The van der Waals surface area contributed by atoms with Crippen LogP contribution >= 0.6 is 0 Å². The molecule has 0 aliphatic carbocycles. The predicted molar refractivity (Wildman–Crippen MR) is 75.1 cm³/mol. The monoisotopic (exact) mass is 268 g/mol. The Kier molecular flexibility index (Phi) is 2.79. The SMILES string of the molecule is Cn1ncnc1NC(=O)c1cc(N)c2ccccc2n1. The van der Waals surface area contributed by atoms with Crippen LogP contribution in [0.4, 0.5) is 11.6 Å². The average Bonchev–Trinajstić information content (AvgIpc) is 2.84. The number of aryl methyl sites for hydroxylation is 1. The van der Waals surface area contributed by atoms with Crippen LogP contribution in [0.15, 0.2) is 36.7 Å². The molecule has 0 aliphatic heterocycles. The van der Waals surface area contributed by atoms with E-state index in [0.29, 0.717) is 17.2 Å². The van der Waals surface area contributed by atoms with Crippen molar-refractivity contribution in [3.63, 3.8) is 0 Å². The van der Waals surface area contributed by atoms with E-state index in [-0.39, 0.29) is 11.6 Å². The Morgan fingerprint density at radius 3 is 2.90 bits per heavy atom. The van der Waals surface area contributed by atoms with E-state index in [9.17, 15) is 4.79 Å². The van der Waals surface area contributed by atoms with Crippen molar-refractivity contribution in [1.29, 1.82) is 0 Å². The van der Waals surface area contributed by atoms with Gasteiger partial charge in [0.1, 0.15) is 12.0 Å². The number of amides is 1. The largest absolute Gasteiger partial charge is 0.398 e. The summed E-state index contributed by atoms with van der Waals surface area (Å²) in [4.78, 5) is 20.4. The number of benzene rings is 1. The average molecular weight is 268 g/mol. The van der Waals surface area contributed by atoms with E-state index in [4.69, 9.17) is 5.73 Å². The number of carbonyl (C=O) groups is 1. The third-order valence-electron chi connectivity index (χ3n) is 2.92. The highest BCUT2D eigenvalue weighted by molar-refractivity contribution is 6.05. The molecule has 3 rings (SSSR count). The van der Waals surface area contributed by atoms with Gasteiger partial charge in [-0.05, 0) is 12.1 Å². The lowest BCUT2D eigenvalue weighted by Crippen LogP contribution is -2.17. The third kappa shape index (κ3) is 2.05. The lowest BCUT2D eigenvalue weighted by molar-refractivity contribution is 0.102. The molecular weight excluding hydrogens is 256 g/mol. The van der Waals surface area contributed by atoms with E-state index in [0.717, 1.165) is 5.39 Å². The maximum Gasteiger partial charge on any atom is 0.276 e. The fourth-order valence-corrected chi connectivity index (χ4v) is 1.89. The van der Waals surface area contributed by atoms with Gasteiger partial charge >= 0.3 is 0 Å². The minimum Gasteiger partial charge on any atom is -0.398 e. The second-order valence-electron chi connectivity index (χ2n) is 4.28. The fourth-order valence-electron chi connectivity index (χ4n) is 1.89. The minimum atomic E-state index is -0.376. The number of hydrogen-bond donors (Lipinski definition) is 2. The van der Waals surface area contributed by atoms with Gasteiger partial charge in [-0.1, -0.05) is 18.2 Å². The van der Waals surface area contributed by atoms with Crippen LogP contribution in [-0.4, -0.2) is 25.7 Å². The topological polar surface area (TPSA) is 98.7 Å². The van der Waals surface area contributed by atoms with E-state index in [1.54, 1.807) is 13.1 Å². The van der Waals surface area contributed by atoms with Crippen LogP contribution in [-0.2, 0) is 7.05 Å². The zero-order valence-corrected chi connectivity index (χ0v) is 10.7. The molecule has 2 heterocycles. The molecule has 3 N–H and O–H groups in total. The molecule has 1 aromatic carbocycles. The summed E-state index contributed by atoms with van der Waals surface area (Å²) in [5.41, 5.74) is 7.37. The quantitative estimate of drug-likeness (QED) is 0.727. The van der Waals surface area contributed by atoms with E-state index >= 15 is 0 Å². The second kappa shape index (κ2) is 4.61. The number of aromatic nitrogens is 4. The van der Waals surface area contributed by atoms with Gasteiger partial charge in [0.25, 0.3) is 5.91 Å². The Hall–Kier alpha value is -2.96. The van der Waals surface area contributed by atoms with Gasteiger partial charge in [0.2, 0.25) is 5.95 Å². The number of anilines is 2. The van der Waals surface area contributed by atoms with Crippen molar-refractivity contribution in [2.24, 2.45) is 7.05 Å². The molecule has 0 bridgehead atoms. The molecule has 7 heteroatoms. The van der Waals surface area contributed by atoms with Gasteiger partial charge in [0.05, 0.1) is 5.52 Å². The predicted octanol–water partition coefficient (Wildman–Crippen LogP) is 1.20. The van der Waals surface area contributed by atoms with Gasteiger partial charge in [-0.2, -0.15) is 10.1 Å². The highest BCUT2D eigenvalue weighted by Crippen LogP contribution is 2.20. The number of hydrogen-bond acceptors (Lipinski definition) is 5. The summed E-state index contributed by atoms with van der Waals surface area (Å²) < 4.78 is 1.46. The van der Waals surface area contributed by atoms with Crippen molar-refractivity contribution in [1.82, 2.24) is 19.7 Å². The normalized spacial score (nSPS) is 10.7. The molecule has 0 aliphatic rings. The van der Waals surface area contributed by atoms with Gasteiger partial charge in [0.15, 0.2) is 0 Å². The maximum absolute atomic E-state index is 12.1. The first-order chi connectivity index (χ1) is 9.65. The lowest BCUT2D eigenvalue weighted by atomic mass is 10.1. The molecule has 1 amide bonds. The lowest BCUT2D eigenvalue weighted by Gasteiger charge is -2.06. The standard InChI is InChI=1S/C13H12N6O/c1-19-13(15-7-16-19)18-12(20)11-6-9(14)8-4-2-3-5-10(8)17-11/h2-7H,1H3,(H2,14,17)(H,15,16,18,20). The summed E-state index contributed by atoms with van der Waals surface area (Å²) in [6.45, 7) is 0. The highest BCUT2D eigenvalue weighted by atomic mass is 16.2. The Bertz CT molecular complexity index is 794. The fraction of sp³-hybridized carbons (Fsp3) is 0.0769. The van der Waals surface area contributed by atoms with Gasteiger partial charge in [-0.25, -0.2) is 9.67 Å². The number of carbonyl (C=O) groups excluding carboxylic acids is 1. The first-order valence-corrected chi connectivity index (χ1v) is 5.96. The number of nitrogens with two attached hydrogens (primary N) is 1.